The molecular formula is C24H32N4S. The lowest BCUT2D eigenvalue weighted by molar-refractivity contribution is 0.432. The van der Waals surface area contributed by atoms with Gasteiger partial charge >= 0.3 is 0 Å². The van der Waals surface area contributed by atoms with Crippen molar-refractivity contribution >= 4 is 29.7 Å². The largest absolute Gasteiger partial charge is 0.371 e. The zero-order valence-electron chi connectivity index (χ0n) is 17.6. The predicted octanol–water partition coefficient (Wildman–Crippen LogP) is 4.78. The van der Waals surface area contributed by atoms with Gasteiger partial charge in [0.15, 0.2) is 0 Å². The summed E-state index contributed by atoms with van der Waals surface area (Å²) in [5, 5.41) is 0. The molecule has 2 aliphatic heterocycles. The average Bonchev–Trinajstić information content (AvgIpc) is 3.37. The summed E-state index contributed by atoms with van der Waals surface area (Å²) < 4.78 is 0. The fourth-order valence-corrected chi connectivity index (χ4v) is 4.88. The van der Waals surface area contributed by atoms with Gasteiger partial charge in [0.1, 0.15) is 0 Å². The van der Waals surface area contributed by atoms with Crippen molar-refractivity contribution in [3.63, 3.8) is 0 Å². The highest BCUT2D eigenvalue weighted by atomic mass is 32.1. The second kappa shape index (κ2) is 8.41. The van der Waals surface area contributed by atoms with Crippen LogP contribution in [0.15, 0.2) is 57.6 Å². The molecule has 1 aromatic rings. The number of rotatable bonds is 4. The normalized spacial score (nSPS) is 23.8. The van der Waals surface area contributed by atoms with Gasteiger partial charge in [-0.3, -0.25) is 0 Å². The zero-order valence-corrected chi connectivity index (χ0v) is 18.5. The van der Waals surface area contributed by atoms with Gasteiger partial charge in [-0.05, 0) is 73.6 Å². The summed E-state index contributed by atoms with van der Waals surface area (Å²) in [6.45, 7) is 12.8. The highest BCUT2D eigenvalue weighted by molar-refractivity contribution is 7.80. The fourth-order valence-electron chi connectivity index (χ4n) is 4.52. The molecule has 5 heteroatoms. The summed E-state index contributed by atoms with van der Waals surface area (Å²) in [7, 11) is 0. The fraction of sp³-hybridized carbons (Fsp3) is 0.458. The molecule has 4 rings (SSSR count). The first-order valence-electron chi connectivity index (χ1n) is 10.8. The molecule has 1 unspecified atom stereocenters. The second-order valence-electron chi connectivity index (χ2n) is 8.40. The van der Waals surface area contributed by atoms with Crippen LogP contribution in [0.3, 0.4) is 0 Å². The van der Waals surface area contributed by atoms with Crippen LogP contribution in [-0.4, -0.2) is 42.8 Å². The molecule has 2 saturated heterocycles. The maximum atomic E-state index is 6.11. The molecule has 2 N–H and O–H groups in total. The summed E-state index contributed by atoms with van der Waals surface area (Å²) >= 11 is 4.80. The second-order valence-corrected chi connectivity index (χ2v) is 8.88. The zero-order chi connectivity index (χ0) is 20.5. The van der Waals surface area contributed by atoms with Crippen molar-refractivity contribution in [3.8, 4) is 0 Å². The van der Waals surface area contributed by atoms with E-state index in [1.165, 1.54) is 29.8 Å². The number of likely N-dealkylation sites (tertiary alicyclic amines) is 1. The van der Waals surface area contributed by atoms with E-state index in [4.69, 9.17) is 23.4 Å². The predicted molar refractivity (Wildman–Crippen MR) is 127 cm³/mol. The number of nitrogens with zero attached hydrogens (tertiary/aromatic N) is 3. The minimum Gasteiger partial charge on any atom is -0.371 e. The topological polar surface area (TPSA) is 44.9 Å². The van der Waals surface area contributed by atoms with Crippen LogP contribution < -0.4 is 10.6 Å². The van der Waals surface area contributed by atoms with Crippen LogP contribution in [-0.2, 0) is 0 Å². The van der Waals surface area contributed by atoms with E-state index in [9.17, 15) is 0 Å². The Bertz CT molecular complexity index is 882. The van der Waals surface area contributed by atoms with Gasteiger partial charge in [0.25, 0.3) is 0 Å². The number of anilines is 1. The van der Waals surface area contributed by atoms with Crippen molar-refractivity contribution < 1.29 is 0 Å². The number of allylic oxidation sites excluding steroid dienone is 4. The Kier molecular flexibility index (Phi) is 5.88. The van der Waals surface area contributed by atoms with E-state index >= 15 is 0 Å². The quantitative estimate of drug-likeness (QED) is 0.705. The average molecular weight is 409 g/mol. The highest BCUT2D eigenvalue weighted by Gasteiger charge is 2.24. The van der Waals surface area contributed by atoms with E-state index < -0.39 is 0 Å². The van der Waals surface area contributed by atoms with Crippen molar-refractivity contribution in [2.24, 2.45) is 10.7 Å². The van der Waals surface area contributed by atoms with Crippen LogP contribution in [0.1, 0.15) is 38.2 Å². The molecule has 1 atom stereocenters. The highest BCUT2D eigenvalue weighted by Crippen LogP contribution is 2.36. The molecule has 154 valence electrons. The van der Waals surface area contributed by atoms with Crippen molar-refractivity contribution in [1.29, 1.82) is 0 Å². The molecule has 2 fully saturated rings. The standard InChI is InChI=1S/C24H32N4S/c1-4-18-13-20(28-10-7-19(25)15-28)11-16(2)23(18)26-24-17(3)12-21(14-22(24)29)27-8-5-6-9-27/h11-14,19,29H,2,4-10,15,25H2,1,3H3. The van der Waals surface area contributed by atoms with Crippen molar-refractivity contribution in [1.82, 2.24) is 4.90 Å². The number of aliphatic imine (C=N–C) groups is 1. The lowest BCUT2D eigenvalue weighted by atomic mass is 9.94. The molecule has 0 spiro atoms. The van der Waals surface area contributed by atoms with E-state index in [1.54, 1.807) is 0 Å². The third kappa shape index (κ3) is 4.17. The third-order valence-corrected chi connectivity index (χ3v) is 6.52. The van der Waals surface area contributed by atoms with Gasteiger partial charge in [0.05, 0.1) is 11.4 Å². The SMILES string of the molecule is C=C1C=C(N2CCC(N)C2)C=C(CC)C1=Nc1c(C)cc(N2CCCC2)cc1S. The molecule has 3 aliphatic rings. The van der Waals surface area contributed by atoms with Crippen LogP contribution in [0.25, 0.3) is 0 Å². The van der Waals surface area contributed by atoms with Gasteiger partial charge in [-0.2, -0.15) is 0 Å². The van der Waals surface area contributed by atoms with Crippen LogP contribution >= 0.6 is 12.6 Å². The summed E-state index contributed by atoms with van der Waals surface area (Å²) in [6, 6.07) is 4.67. The Balaban J connectivity index is 1.65. The monoisotopic (exact) mass is 408 g/mol. The lowest BCUT2D eigenvalue weighted by Crippen LogP contribution is -2.27. The summed E-state index contributed by atoms with van der Waals surface area (Å²) in [5.74, 6) is 0. The van der Waals surface area contributed by atoms with E-state index in [0.717, 1.165) is 66.5 Å². The van der Waals surface area contributed by atoms with Gasteiger partial charge in [0.2, 0.25) is 0 Å². The number of aryl methyl sites for hydroxylation is 1. The number of benzene rings is 1. The molecule has 0 saturated carbocycles. The van der Waals surface area contributed by atoms with E-state index in [0.29, 0.717) is 0 Å². The molecule has 1 aromatic carbocycles. The van der Waals surface area contributed by atoms with E-state index in [1.807, 2.05) is 0 Å². The van der Waals surface area contributed by atoms with Crippen LogP contribution in [0.2, 0.25) is 0 Å². The first-order valence-corrected chi connectivity index (χ1v) is 11.2. The Labute approximate surface area is 180 Å². The van der Waals surface area contributed by atoms with Gasteiger partial charge < -0.3 is 15.5 Å². The van der Waals surface area contributed by atoms with Crippen LogP contribution in [0.5, 0.6) is 0 Å². The Morgan fingerprint density at radius 3 is 2.55 bits per heavy atom. The molecule has 2 heterocycles. The lowest BCUT2D eigenvalue weighted by Gasteiger charge is -2.25. The summed E-state index contributed by atoms with van der Waals surface area (Å²) in [5.41, 5.74) is 13.9. The molecule has 4 nitrogen and oxygen atoms in total. The maximum Gasteiger partial charge on any atom is 0.0801 e. The molecule has 1 aliphatic carbocycles. The van der Waals surface area contributed by atoms with E-state index in [-0.39, 0.29) is 6.04 Å². The maximum absolute atomic E-state index is 6.11. The summed E-state index contributed by atoms with van der Waals surface area (Å²) in [6.07, 6.45) is 8.92. The van der Waals surface area contributed by atoms with Crippen molar-refractivity contribution in [2.75, 3.05) is 31.1 Å². The molecular weight excluding hydrogens is 376 g/mol. The third-order valence-electron chi connectivity index (χ3n) is 6.18. The smallest absolute Gasteiger partial charge is 0.0801 e. The van der Waals surface area contributed by atoms with Crippen molar-refractivity contribution in [2.45, 2.75) is 50.5 Å². The molecule has 0 amide bonds. The van der Waals surface area contributed by atoms with Crippen molar-refractivity contribution in [3.05, 3.63) is 53.3 Å². The number of hydrogen-bond donors (Lipinski definition) is 2. The first-order chi connectivity index (χ1) is 14.0. The minimum absolute atomic E-state index is 0.265. The molecule has 0 aromatic heterocycles. The molecule has 29 heavy (non-hydrogen) atoms. The number of thiol groups is 1. The van der Waals surface area contributed by atoms with E-state index in [2.05, 4.69) is 54.5 Å². The summed E-state index contributed by atoms with van der Waals surface area (Å²) in [4.78, 5) is 10.8. The van der Waals surface area contributed by atoms with Gasteiger partial charge in [0, 0.05) is 48.5 Å². The molecule has 0 bridgehead atoms. The van der Waals surface area contributed by atoms with Gasteiger partial charge in [-0.15, -0.1) is 12.6 Å². The number of nitrogens with two attached hydrogens (primary N) is 1. The number of hydrogen-bond acceptors (Lipinski definition) is 5. The van der Waals surface area contributed by atoms with Gasteiger partial charge in [-0.25, -0.2) is 4.99 Å². The Morgan fingerprint density at radius 2 is 1.93 bits per heavy atom. The Morgan fingerprint density at radius 1 is 1.17 bits per heavy atom. The Hall–Kier alpha value is -1.98. The first kappa shape index (κ1) is 20.3. The van der Waals surface area contributed by atoms with Gasteiger partial charge in [-0.1, -0.05) is 13.5 Å². The molecule has 0 radical (unpaired) electrons. The minimum atomic E-state index is 0.265. The van der Waals surface area contributed by atoms with Crippen LogP contribution in [0, 0.1) is 6.92 Å². The van der Waals surface area contributed by atoms with Crippen LogP contribution in [0.4, 0.5) is 11.4 Å².